The number of aromatic nitrogens is 2. The third-order valence-corrected chi connectivity index (χ3v) is 10.6. The van der Waals surface area contributed by atoms with Gasteiger partial charge in [0, 0.05) is 38.5 Å². The first-order chi connectivity index (χ1) is 29.6. The van der Waals surface area contributed by atoms with Crippen LogP contribution in [0.1, 0.15) is 232 Å². The summed E-state index contributed by atoms with van der Waals surface area (Å²) >= 11 is 0. The van der Waals surface area contributed by atoms with Crippen LogP contribution in [0.2, 0.25) is 0 Å². The lowest BCUT2D eigenvalue weighted by Crippen LogP contribution is -2.45. The van der Waals surface area contributed by atoms with E-state index in [1.807, 2.05) is 0 Å². The van der Waals surface area contributed by atoms with Crippen molar-refractivity contribution < 1.29 is 56.5 Å². The van der Waals surface area contributed by atoms with E-state index >= 15 is 0 Å². The summed E-state index contributed by atoms with van der Waals surface area (Å²) in [5, 5.41) is 0. The average molecular weight is 861 g/mol. The van der Waals surface area contributed by atoms with Gasteiger partial charge in [0.05, 0.1) is 6.20 Å². The highest BCUT2D eigenvalue weighted by Crippen LogP contribution is 2.32. The fourth-order valence-electron chi connectivity index (χ4n) is 6.94. The molecule has 0 saturated carbocycles. The van der Waals surface area contributed by atoms with Gasteiger partial charge in [-0.25, -0.2) is 9.97 Å². The normalized spacial score (nSPS) is 13.7. The molecular weight excluding hydrogens is 785 g/mol. The molecule has 2 heterocycles. The number of rotatable bonds is 36. The van der Waals surface area contributed by atoms with E-state index in [1.165, 1.54) is 122 Å². The molecule has 2 aromatic rings. The predicted octanol–water partition coefficient (Wildman–Crippen LogP) is 11.5. The first-order valence-electron chi connectivity index (χ1n) is 23.4. The number of nitrogens with zero attached hydrogens (tertiary/aromatic N) is 2. The Bertz CT molecular complexity index is 1490. The molecule has 61 heavy (non-hydrogen) atoms. The van der Waals surface area contributed by atoms with E-state index in [0.717, 1.165) is 19.3 Å². The molecule has 5 unspecified atom stereocenters. The van der Waals surface area contributed by atoms with Crippen LogP contribution in [0.15, 0.2) is 27.7 Å². The van der Waals surface area contributed by atoms with E-state index in [1.54, 1.807) is 27.7 Å². The molecule has 0 aliphatic heterocycles. The number of carbonyl (C=O) groups excluding carboxylic acids is 5. The maximum atomic E-state index is 13.1. The molecule has 0 N–H and O–H groups in total. The highest BCUT2D eigenvalue weighted by atomic mass is 16.6. The van der Waals surface area contributed by atoms with Crippen LogP contribution < -0.4 is 0 Å². The molecule has 0 spiro atoms. The molecule has 14 heteroatoms. The Hall–Kier alpha value is -4.23. The molecule has 346 valence electrons. The number of ether oxygens (including phenoxy) is 5. The molecule has 0 amide bonds. The van der Waals surface area contributed by atoms with Crippen LogP contribution in [0.3, 0.4) is 0 Å². The lowest BCUT2D eigenvalue weighted by atomic mass is 10.0. The van der Waals surface area contributed by atoms with Gasteiger partial charge in [0.15, 0.2) is 24.4 Å². The van der Waals surface area contributed by atoms with Gasteiger partial charge in [0.1, 0.15) is 24.2 Å². The van der Waals surface area contributed by atoms with Gasteiger partial charge in [-0.2, -0.15) is 0 Å². The Kier molecular flexibility index (Phi) is 28.2. The number of hydrogen-bond donors (Lipinski definition) is 0. The fraction of sp³-hybridized carbons (Fsp3) is 0.766. The van der Waals surface area contributed by atoms with Crippen LogP contribution in [0.4, 0.5) is 0 Å². The van der Waals surface area contributed by atoms with E-state index in [9.17, 15) is 24.0 Å². The van der Waals surface area contributed by atoms with Crippen LogP contribution in [0.25, 0.3) is 0 Å². The molecular formula is C47H76N2O12. The van der Waals surface area contributed by atoms with Crippen LogP contribution in [0.5, 0.6) is 0 Å². The highest BCUT2D eigenvalue weighted by molar-refractivity contribution is 5.71. The van der Waals surface area contributed by atoms with Crippen molar-refractivity contribution in [1.29, 1.82) is 0 Å². The summed E-state index contributed by atoms with van der Waals surface area (Å²) in [7, 11) is 0. The monoisotopic (exact) mass is 861 g/mol. The van der Waals surface area contributed by atoms with E-state index < -0.39 is 60.4 Å². The molecule has 0 aliphatic carbocycles. The Morgan fingerprint density at radius 1 is 0.557 bits per heavy atom. The number of carbonyl (C=O) groups is 5. The van der Waals surface area contributed by atoms with Crippen molar-refractivity contribution in [2.75, 3.05) is 0 Å². The van der Waals surface area contributed by atoms with Crippen LogP contribution >= 0.6 is 0 Å². The first kappa shape index (κ1) is 52.9. The van der Waals surface area contributed by atoms with Gasteiger partial charge in [0.25, 0.3) is 0 Å². The summed E-state index contributed by atoms with van der Waals surface area (Å²) in [4.78, 5) is 71.8. The van der Waals surface area contributed by atoms with Gasteiger partial charge in [-0.3, -0.25) is 24.0 Å². The largest absolute Gasteiger partial charge is 0.459 e. The molecule has 0 fully saturated rings. The van der Waals surface area contributed by atoms with Gasteiger partial charge in [0.2, 0.25) is 12.0 Å². The van der Waals surface area contributed by atoms with Crippen molar-refractivity contribution in [1.82, 2.24) is 9.97 Å². The van der Waals surface area contributed by atoms with Crippen LogP contribution in [0, 0.1) is 0 Å². The second kappa shape index (κ2) is 32.5. The predicted molar refractivity (Wildman–Crippen MR) is 229 cm³/mol. The zero-order valence-electron chi connectivity index (χ0n) is 38.1. The molecule has 0 saturated heterocycles. The summed E-state index contributed by atoms with van der Waals surface area (Å²) < 4.78 is 39.8. The minimum absolute atomic E-state index is 0.00158. The lowest BCUT2D eigenvalue weighted by molar-refractivity contribution is -0.187. The summed E-state index contributed by atoms with van der Waals surface area (Å²) in [6.45, 7) is 10.2. The highest BCUT2D eigenvalue weighted by Gasteiger charge is 2.39. The zero-order chi connectivity index (χ0) is 44.7. The number of unbranched alkanes of at least 4 members (excludes halogenated alkanes) is 18. The van der Waals surface area contributed by atoms with Crippen molar-refractivity contribution in [3.8, 4) is 0 Å². The Balaban J connectivity index is 1.97. The zero-order valence-corrected chi connectivity index (χ0v) is 38.1. The lowest BCUT2D eigenvalue weighted by Gasteiger charge is -2.32. The van der Waals surface area contributed by atoms with Crippen molar-refractivity contribution in [2.24, 2.45) is 0 Å². The molecule has 0 aliphatic rings. The fourth-order valence-corrected chi connectivity index (χ4v) is 6.94. The average Bonchev–Trinajstić information content (AvgIpc) is 3.98. The number of esters is 5. The SMILES string of the molecule is CCCCCCCCCCCCCCCCCCCCCC(=O)OC(c1cnco1)c1nc(C(CC(OC(=O)CC)C(OC(=O)CC)C(C)OC(=O)CC)OC(=O)CC)co1. The van der Waals surface area contributed by atoms with Crippen molar-refractivity contribution in [3.63, 3.8) is 0 Å². The molecule has 0 aromatic carbocycles. The minimum atomic E-state index is -1.25. The van der Waals surface area contributed by atoms with E-state index in [-0.39, 0.29) is 55.9 Å². The van der Waals surface area contributed by atoms with Gasteiger partial charge >= 0.3 is 29.8 Å². The van der Waals surface area contributed by atoms with Gasteiger partial charge < -0.3 is 32.5 Å². The van der Waals surface area contributed by atoms with E-state index in [4.69, 9.17) is 32.5 Å². The molecule has 0 bridgehead atoms. The molecule has 0 radical (unpaired) electrons. The third-order valence-electron chi connectivity index (χ3n) is 10.6. The van der Waals surface area contributed by atoms with Crippen LogP contribution in [-0.4, -0.2) is 58.1 Å². The van der Waals surface area contributed by atoms with Gasteiger partial charge in [-0.15, -0.1) is 0 Å². The summed E-state index contributed by atoms with van der Waals surface area (Å²) in [5.41, 5.74) is 0.104. The Labute approximate surface area is 364 Å². The summed E-state index contributed by atoms with van der Waals surface area (Å²) in [6.07, 6.45) is 21.9. The topological polar surface area (TPSA) is 184 Å². The molecule has 14 nitrogen and oxygen atoms in total. The third kappa shape index (κ3) is 22.4. The maximum Gasteiger partial charge on any atom is 0.307 e. The second-order valence-corrected chi connectivity index (χ2v) is 15.8. The first-order valence-corrected chi connectivity index (χ1v) is 23.4. The van der Waals surface area contributed by atoms with Crippen molar-refractivity contribution >= 4 is 29.8 Å². The summed E-state index contributed by atoms with van der Waals surface area (Å²) in [6, 6.07) is 0. The van der Waals surface area contributed by atoms with E-state index in [2.05, 4.69) is 16.9 Å². The van der Waals surface area contributed by atoms with Crippen molar-refractivity contribution in [3.05, 3.63) is 36.2 Å². The smallest absolute Gasteiger partial charge is 0.307 e. The molecule has 2 aromatic heterocycles. The van der Waals surface area contributed by atoms with E-state index in [0.29, 0.717) is 6.42 Å². The number of oxazole rings is 2. The standard InChI is InChI=1S/C47H76N2O12/c1-7-12-13-14-15-16-17-18-19-20-21-22-23-24-25-26-27-28-29-30-44(54)61-46(39-32-48-34-56-39)47-49-36(33-55-47)37(58-41(51)9-3)31-38(59-42(52)10-4)45(60-43(53)11-5)35(6)57-40(50)8-2/h32-35,37-38,45-46H,7-31H2,1-6H3. The van der Waals surface area contributed by atoms with Crippen molar-refractivity contribution in [2.45, 2.75) is 233 Å². The minimum Gasteiger partial charge on any atom is -0.459 e. The summed E-state index contributed by atoms with van der Waals surface area (Å²) in [5.74, 6) is -2.75. The van der Waals surface area contributed by atoms with Gasteiger partial charge in [-0.1, -0.05) is 150 Å². The maximum absolute atomic E-state index is 13.1. The van der Waals surface area contributed by atoms with Crippen LogP contribution in [-0.2, 0) is 47.7 Å². The Morgan fingerprint density at radius 2 is 1.03 bits per heavy atom. The number of hydrogen-bond acceptors (Lipinski definition) is 14. The molecule has 2 rings (SSSR count). The van der Waals surface area contributed by atoms with Gasteiger partial charge in [-0.05, 0) is 13.3 Å². The quantitative estimate of drug-likeness (QED) is 0.0358. The molecule has 5 atom stereocenters. The second-order valence-electron chi connectivity index (χ2n) is 15.8. The Morgan fingerprint density at radius 3 is 1.52 bits per heavy atom.